The van der Waals surface area contributed by atoms with Gasteiger partial charge < -0.3 is 5.11 Å². The maximum absolute atomic E-state index is 9.80. The molecule has 1 N–H and O–H groups in total. The average Bonchev–Trinajstić information content (AvgIpc) is 2.32. The van der Waals surface area contributed by atoms with Crippen LogP contribution < -0.4 is 0 Å². The Hall–Kier alpha value is -0.0400. The van der Waals surface area contributed by atoms with E-state index in [0.717, 1.165) is 24.7 Å². The maximum Gasteiger partial charge on any atom is 0.0622 e. The monoisotopic (exact) mass is 154 g/mol. The smallest absolute Gasteiger partial charge is 0.0622 e. The molecule has 0 aromatic rings. The minimum Gasteiger partial charge on any atom is -0.390 e. The standard InChI is InChI=1S/C10H18O/c1-9(2)7-4-5-10(3,11)6-8(7)9/h7-8,11H,4-6H2,1-3H3/t7-,8-,10+/m1/s1. The summed E-state index contributed by atoms with van der Waals surface area (Å²) < 4.78 is 0. The molecule has 0 bridgehead atoms. The van der Waals surface area contributed by atoms with Gasteiger partial charge in [-0.15, -0.1) is 0 Å². The van der Waals surface area contributed by atoms with Gasteiger partial charge in [-0.05, 0) is 43.4 Å². The van der Waals surface area contributed by atoms with E-state index < -0.39 is 0 Å². The van der Waals surface area contributed by atoms with Crippen molar-refractivity contribution in [2.24, 2.45) is 17.3 Å². The van der Waals surface area contributed by atoms with E-state index in [0.29, 0.717) is 5.41 Å². The molecule has 2 rings (SSSR count). The summed E-state index contributed by atoms with van der Waals surface area (Å²) in [5, 5.41) is 9.80. The van der Waals surface area contributed by atoms with Gasteiger partial charge in [-0.25, -0.2) is 0 Å². The molecule has 0 aromatic carbocycles. The van der Waals surface area contributed by atoms with Gasteiger partial charge >= 0.3 is 0 Å². The first-order valence-corrected chi connectivity index (χ1v) is 4.66. The van der Waals surface area contributed by atoms with Gasteiger partial charge in [-0.1, -0.05) is 13.8 Å². The lowest BCUT2D eigenvalue weighted by molar-refractivity contribution is 0.0179. The van der Waals surface area contributed by atoms with Crippen molar-refractivity contribution in [3.05, 3.63) is 0 Å². The fourth-order valence-electron chi connectivity index (χ4n) is 2.88. The van der Waals surface area contributed by atoms with E-state index in [-0.39, 0.29) is 5.60 Å². The summed E-state index contributed by atoms with van der Waals surface area (Å²) >= 11 is 0. The van der Waals surface area contributed by atoms with Gasteiger partial charge in [0.2, 0.25) is 0 Å². The summed E-state index contributed by atoms with van der Waals surface area (Å²) in [5.41, 5.74) is 0.190. The summed E-state index contributed by atoms with van der Waals surface area (Å²) in [5.74, 6) is 1.73. The molecule has 0 heterocycles. The van der Waals surface area contributed by atoms with Crippen LogP contribution in [0.15, 0.2) is 0 Å². The molecule has 0 amide bonds. The Morgan fingerprint density at radius 3 is 2.27 bits per heavy atom. The molecule has 2 fully saturated rings. The summed E-state index contributed by atoms with van der Waals surface area (Å²) in [6.07, 6.45) is 3.28. The molecule has 0 spiro atoms. The van der Waals surface area contributed by atoms with Crippen LogP contribution in [0.4, 0.5) is 0 Å². The molecule has 0 unspecified atom stereocenters. The number of hydrogen-bond acceptors (Lipinski definition) is 1. The third-order valence-corrected chi connectivity index (χ3v) is 3.94. The maximum atomic E-state index is 9.80. The van der Waals surface area contributed by atoms with E-state index in [2.05, 4.69) is 13.8 Å². The van der Waals surface area contributed by atoms with E-state index >= 15 is 0 Å². The Morgan fingerprint density at radius 1 is 1.18 bits per heavy atom. The van der Waals surface area contributed by atoms with Crippen molar-refractivity contribution in [3.63, 3.8) is 0 Å². The molecule has 1 nitrogen and oxygen atoms in total. The van der Waals surface area contributed by atoms with Crippen LogP contribution in [0.3, 0.4) is 0 Å². The highest BCUT2D eigenvalue weighted by Crippen LogP contribution is 2.66. The Morgan fingerprint density at radius 2 is 1.82 bits per heavy atom. The second kappa shape index (κ2) is 1.82. The Bertz CT molecular complexity index is 179. The van der Waals surface area contributed by atoms with Crippen molar-refractivity contribution in [2.75, 3.05) is 0 Å². The van der Waals surface area contributed by atoms with E-state index in [1.54, 1.807) is 0 Å². The highest BCUT2D eigenvalue weighted by Gasteiger charge is 2.60. The van der Waals surface area contributed by atoms with Gasteiger partial charge in [-0.2, -0.15) is 0 Å². The van der Waals surface area contributed by atoms with Crippen LogP contribution in [0, 0.1) is 17.3 Å². The number of fused-ring (bicyclic) bond motifs is 1. The first-order chi connectivity index (χ1) is 4.93. The molecule has 11 heavy (non-hydrogen) atoms. The normalized spacial score (nSPS) is 53.5. The minimum atomic E-state index is -0.352. The number of hydrogen-bond donors (Lipinski definition) is 1. The van der Waals surface area contributed by atoms with Gasteiger partial charge in [0.1, 0.15) is 0 Å². The van der Waals surface area contributed by atoms with Crippen molar-refractivity contribution in [1.82, 2.24) is 0 Å². The van der Waals surface area contributed by atoms with Crippen molar-refractivity contribution in [3.8, 4) is 0 Å². The molecule has 2 aliphatic rings. The summed E-state index contributed by atoms with van der Waals surface area (Å²) in [6.45, 7) is 6.66. The highest BCUT2D eigenvalue weighted by atomic mass is 16.3. The van der Waals surface area contributed by atoms with Crippen LogP contribution in [-0.2, 0) is 0 Å². The van der Waals surface area contributed by atoms with E-state index in [4.69, 9.17) is 0 Å². The van der Waals surface area contributed by atoms with E-state index in [1.807, 2.05) is 6.92 Å². The zero-order valence-electron chi connectivity index (χ0n) is 7.72. The predicted octanol–water partition coefficient (Wildman–Crippen LogP) is 2.19. The SMILES string of the molecule is CC1(C)[C@@H]2CC[C@](C)(O)C[C@H]21. The topological polar surface area (TPSA) is 20.2 Å². The van der Waals surface area contributed by atoms with Gasteiger partial charge in [0, 0.05) is 0 Å². The number of aliphatic hydroxyl groups is 1. The van der Waals surface area contributed by atoms with Crippen LogP contribution in [0.5, 0.6) is 0 Å². The zero-order valence-corrected chi connectivity index (χ0v) is 7.72. The van der Waals surface area contributed by atoms with E-state index in [1.165, 1.54) is 6.42 Å². The molecule has 0 aromatic heterocycles. The second-order valence-corrected chi connectivity index (χ2v) is 5.27. The van der Waals surface area contributed by atoms with Crippen molar-refractivity contribution >= 4 is 0 Å². The second-order valence-electron chi connectivity index (χ2n) is 5.27. The zero-order chi connectivity index (χ0) is 8.28. The third-order valence-electron chi connectivity index (χ3n) is 3.94. The average molecular weight is 154 g/mol. The lowest BCUT2D eigenvalue weighted by Gasteiger charge is -2.26. The fraction of sp³-hybridized carbons (Fsp3) is 1.00. The summed E-state index contributed by atoms with van der Waals surface area (Å²) in [4.78, 5) is 0. The van der Waals surface area contributed by atoms with Crippen LogP contribution in [0.25, 0.3) is 0 Å². The van der Waals surface area contributed by atoms with Crippen LogP contribution in [-0.4, -0.2) is 10.7 Å². The van der Waals surface area contributed by atoms with Gasteiger partial charge in [-0.3, -0.25) is 0 Å². The van der Waals surface area contributed by atoms with Crippen molar-refractivity contribution in [2.45, 2.75) is 45.6 Å². The predicted molar refractivity (Wildman–Crippen MR) is 45.2 cm³/mol. The molecule has 0 saturated heterocycles. The molecule has 3 atom stereocenters. The molecule has 0 aliphatic heterocycles. The van der Waals surface area contributed by atoms with Crippen LogP contribution >= 0.6 is 0 Å². The molecular formula is C10H18O. The van der Waals surface area contributed by atoms with Crippen molar-refractivity contribution in [1.29, 1.82) is 0 Å². The minimum absolute atomic E-state index is 0.352. The lowest BCUT2D eigenvalue weighted by atomic mass is 9.87. The van der Waals surface area contributed by atoms with Crippen LogP contribution in [0.2, 0.25) is 0 Å². The molecule has 2 saturated carbocycles. The summed E-state index contributed by atoms with van der Waals surface area (Å²) in [7, 11) is 0. The quantitative estimate of drug-likeness (QED) is 0.567. The molecular weight excluding hydrogens is 136 g/mol. The molecule has 1 heteroatoms. The highest BCUT2D eigenvalue weighted by molar-refractivity contribution is 5.10. The largest absolute Gasteiger partial charge is 0.390 e. The Balaban J connectivity index is 2.08. The van der Waals surface area contributed by atoms with Gasteiger partial charge in [0.25, 0.3) is 0 Å². The first-order valence-electron chi connectivity index (χ1n) is 4.66. The fourth-order valence-corrected chi connectivity index (χ4v) is 2.88. The Labute approximate surface area is 68.8 Å². The number of rotatable bonds is 0. The molecule has 2 aliphatic carbocycles. The third kappa shape index (κ3) is 1.01. The van der Waals surface area contributed by atoms with Gasteiger partial charge in [0.05, 0.1) is 5.60 Å². The Kier molecular flexibility index (Phi) is 1.26. The van der Waals surface area contributed by atoms with Gasteiger partial charge in [0.15, 0.2) is 0 Å². The van der Waals surface area contributed by atoms with Crippen molar-refractivity contribution < 1.29 is 5.11 Å². The molecule has 64 valence electrons. The van der Waals surface area contributed by atoms with E-state index in [9.17, 15) is 5.11 Å². The molecule has 0 radical (unpaired) electrons. The lowest BCUT2D eigenvalue weighted by Crippen LogP contribution is -2.28. The first kappa shape index (κ1) is 7.60. The summed E-state index contributed by atoms with van der Waals surface area (Å²) in [6, 6.07) is 0. The van der Waals surface area contributed by atoms with Crippen LogP contribution in [0.1, 0.15) is 40.0 Å².